The molecule has 0 spiro atoms. The van der Waals surface area contributed by atoms with E-state index in [0.29, 0.717) is 48.2 Å². The molecule has 6 nitrogen and oxygen atoms in total. The molecule has 28 heavy (non-hydrogen) atoms. The highest BCUT2D eigenvalue weighted by atomic mass is 35.5. The fourth-order valence-corrected chi connectivity index (χ4v) is 2.76. The van der Waals surface area contributed by atoms with Gasteiger partial charge in [0.1, 0.15) is 17.4 Å². The van der Waals surface area contributed by atoms with Crippen molar-refractivity contribution in [3.05, 3.63) is 70.3 Å². The molecule has 0 bridgehead atoms. The van der Waals surface area contributed by atoms with Crippen LogP contribution in [-0.2, 0) is 9.53 Å². The van der Waals surface area contributed by atoms with Crippen LogP contribution in [0.15, 0.2) is 54.1 Å². The Morgan fingerprint density at radius 2 is 1.71 bits per heavy atom. The number of hydrogen-bond donors (Lipinski definition) is 0. The third kappa shape index (κ3) is 4.97. The average Bonchev–Trinajstić information content (AvgIpc) is 2.73. The van der Waals surface area contributed by atoms with E-state index in [0.717, 1.165) is 0 Å². The summed E-state index contributed by atoms with van der Waals surface area (Å²) in [6, 6.07) is 14.9. The lowest BCUT2D eigenvalue weighted by atomic mass is 10.1. The summed E-state index contributed by atoms with van der Waals surface area (Å²) in [4.78, 5) is 26.1. The molecule has 2 aromatic rings. The fourth-order valence-electron chi connectivity index (χ4n) is 2.63. The van der Waals surface area contributed by atoms with Crippen molar-refractivity contribution in [1.29, 1.82) is 5.26 Å². The van der Waals surface area contributed by atoms with Crippen LogP contribution < -0.4 is 4.74 Å². The monoisotopic (exact) mass is 396 g/mol. The lowest BCUT2D eigenvalue weighted by Gasteiger charge is -2.26. The molecule has 1 aliphatic rings. The first kappa shape index (κ1) is 19.6. The van der Waals surface area contributed by atoms with Gasteiger partial charge in [0.05, 0.1) is 18.8 Å². The number of halogens is 1. The van der Waals surface area contributed by atoms with Gasteiger partial charge in [-0.25, -0.2) is 4.79 Å². The predicted octanol–water partition coefficient (Wildman–Crippen LogP) is 3.32. The van der Waals surface area contributed by atoms with Crippen LogP contribution in [0.3, 0.4) is 0 Å². The minimum atomic E-state index is -0.500. The zero-order valence-corrected chi connectivity index (χ0v) is 15.7. The van der Waals surface area contributed by atoms with E-state index in [1.54, 1.807) is 53.4 Å². The number of rotatable bonds is 4. The molecular weight excluding hydrogens is 380 g/mol. The van der Waals surface area contributed by atoms with Gasteiger partial charge in [-0.05, 0) is 48.0 Å². The van der Waals surface area contributed by atoms with Gasteiger partial charge in [0.25, 0.3) is 5.91 Å². The van der Waals surface area contributed by atoms with Gasteiger partial charge in [-0.3, -0.25) is 4.79 Å². The Bertz CT molecular complexity index is 924. The summed E-state index contributed by atoms with van der Waals surface area (Å²) in [6.45, 7) is 1.88. The van der Waals surface area contributed by atoms with Gasteiger partial charge in [-0.15, -0.1) is 0 Å². The Labute approximate surface area is 167 Å². The molecule has 3 rings (SSSR count). The minimum absolute atomic E-state index is 0.0489. The van der Waals surface area contributed by atoms with Crippen molar-refractivity contribution in [3.63, 3.8) is 0 Å². The lowest BCUT2D eigenvalue weighted by molar-refractivity contribution is -0.130. The Morgan fingerprint density at radius 1 is 1.07 bits per heavy atom. The van der Waals surface area contributed by atoms with Crippen molar-refractivity contribution >= 4 is 29.6 Å². The molecule has 0 aromatic heterocycles. The molecule has 1 fully saturated rings. The van der Waals surface area contributed by atoms with Gasteiger partial charge < -0.3 is 14.4 Å². The van der Waals surface area contributed by atoms with Crippen molar-refractivity contribution in [2.45, 2.75) is 0 Å². The van der Waals surface area contributed by atoms with E-state index in [2.05, 4.69) is 0 Å². The van der Waals surface area contributed by atoms with E-state index in [4.69, 9.17) is 21.1 Å². The minimum Gasteiger partial charge on any atom is -0.423 e. The van der Waals surface area contributed by atoms with Crippen molar-refractivity contribution in [2.24, 2.45) is 0 Å². The Balaban J connectivity index is 1.68. The fraction of sp³-hybridized carbons (Fsp3) is 0.190. The molecule has 1 saturated heterocycles. The zero-order valence-electron chi connectivity index (χ0n) is 14.9. The summed E-state index contributed by atoms with van der Waals surface area (Å²) in [6.07, 6.45) is 1.52. The maximum Gasteiger partial charge on any atom is 0.343 e. The van der Waals surface area contributed by atoms with Gasteiger partial charge in [0.15, 0.2) is 0 Å². The third-order valence-corrected chi connectivity index (χ3v) is 4.38. The average molecular weight is 397 g/mol. The molecule has 0 saturated carbocycles. The standard InChI is InChI=1S/C21H17ClN2O4/c22-18-5-3-16(4-6-18)21(26)28-19-7-1-15(2-8-19)13-17(14-23)20(25)24-9-11-27-12-10-24/h1-8,13H,9-12H2/b17-13+. The van der Waals surface area contributed by atoms with E-state index in [9.17, 15) is 14.9 Å². The number of nitriles is 1. The van der Waals surface area contributed by atoms with Gasteiger partial charge >= 0.3 is 5.97 Å². The number of carbonyl (C=O) groups is 2. The van der Waals surface area contributed by atoms with Crippen LogP contribution in [0.5, 0.6) is 5.75 Å². The van der Waals surface area contributed by atoms with Gasteiger partial charge in [0.2, 0.25) is 0 Å². The number of nitrogens with zero attached hydrogens (tertiary/aromatic N) is 2. The third-order valence-electron chi connectivity index (χ3n) is 4.13. The number of carbonyl (C=O) groups excluding carboxylic acids is 2. The van der Waals surface area contributed by atoms with Crippen molar-refractivity contribution in [2.75, 3.05) is 26.3 Å². The summed E-state index contributed by atoms with van der Waals surface area (Å²) in [5, 5.41) is 9.87. The topological polar surface area (TPSA) is 79.6 Å². The molecule has 1 amide bonds. The second-order valence-electron chi connectivity index (χ2n) is 6.04. The quantitative estimate of drug-likeness (QED) is 0.343. The van der Waals surface area contributed by atoms with Crippen molar-refractivity contribution in [1.82, 2.24) is 4.90 Å². The number of morpholine rings is 1. The summed E-state index contributed by atoms with van der Waals surface area (Å²) < 4.78 is 10.5. The molecule has 1 aliphatic heterocycles. The van der Waals surface area contributed by atoms with Gasteiger partial charge in [-0.2, -0.15) is 5.26 Å². The first-order valence-electron chi connectivity index (χ1n) is 8.63. The van der Waals surface area contributed by atoms with Gasteiger partial charge in [-0.1, -0.05) is 23.7 Å². The summed E-state index contributed by atoms with van der Waals surface area (Å²) in [7, 11) is 0. The van der Waals surface area contributed by atoms with E-state index in [1.807, 2.05) is 6.07 Å². The Kier molecular flexibility index (Phi) is 6.43. The smallest absolute Gasteiger partial charge is 0.343 e. The highest BCUT2D eigenvalue weighted by molar-refractivity contribution is 6.30. The number of ether oxygens (including phenoxy) is 2. The molecule has 0 aliphatic carbocycles. The second kappa shape index (κ2) is 9.18. The van der Waals surface area contributed by atoms with Crippen LogP contribution in [0, 0.1) is 11.3 Å². The van der Waals surface area contributed by atoms with Crippen LogP contribution >= 0.6 is 11.6 Å². The van der Waals surface area contributed by atoms with Crippen molar-refractivity contribution in [3.8, 4) is 11.8 Å². The molecule has 0 radical (unpaired) electrons. The highest BCUT2D eigenvalue weighted by Crippen LogP contribution is 2.18. The summed E-state index contributed by atoms with van der Waals surface area (Å²) >= 11 is 5.81. The van der Waals surface area contributed by atoms with Crippen molar-refractivity contribution < 1.29 is 19.1 Å². The van der Waals surface area contributed by atoms with Crippen LogP contribution in [0.2, 0.25) is 5.02 Å². The molecule has 1 heterocycles. The normalized spacial score (nSPS) is 14.3. The number of esters is 1. The second-order valence-corrected chi connectivity index (χ2v) is 6.48. The Hall–Kier alpha value is -3.14. The number of hydrogen-bond acceptors (Lipinski definition) is 5. The molecular formula is C21H17ClN2O4. The van der Waals surface area contributed by atoms with Crippen LogP contribution in [0.4, 0.5) is 0 Å². The Morgan fingerprint density at radius 3 is 2.32 bits per heavy atom. The van der Waals surface area contributed by atoms with Crippen LogP contribution in [-0.4, -0.2) is 43.1 Å². The summed E-state index contributed by atoms with van der Waals surface area (Å²) in [5.74, 6) is -0.459. The zero-order chi connectivity index (χ0) is 19.9. The largest absolute Gasteiger partial charge is 0.423 e. The maximum atomic E-state index is 12.4. The molecule has 0 unspecified atom stereocenters. The van der Waals surface area contributed by atoms with Crippen LogP contribution in [0.25, 0.3) is 6.08 Å². The first-order chi connectivity index (χ1) is 13.6. The summed E-state index contributed by atoms with van der Waals surface area (Å²) in [5.41, 5.74) is 1.09. The first-order valence-corrected chi connectivity index (χ1v) is 9.01. The predicted molar refractivity (Wildman–Crippen MR) is 104 cm³/mol. The van der Waals surface area contributed by atoms with Gasteiger partial charge in [0, 0.05) is 18.1 Å². The van der Waals surface area contributed by atoms with Crippen LogP contribution in [0.1, 0.15) is 15.9 Å². The molecule has 7 heteroatoms. The number of benzene rings is 2. The van der Waals surface area contributed by atoms with E-state index in [-0.39, 0.29) is 11.5 Å². The molecule has 2 aromatic carbocycles. The lowest BCUT2D eigenvalue weighted by Crippen LogP contribution is -2.41. The van der Waals surface area contributed by atoms with E-state index < -0.39 is 5.97 Å². The number of amides is 1. The van der Waals surface area contributed by atoms with E-state index >= 15 is 0 Å². The molecule has 0 atom stereocenters. The highest BCUT2D eigenvalue weighted by Gasteiger charge is 2.20. The SMILES string of the molecule is N#C/C(=C\c1ccc(OC(=O)c2ccc(Cl)cc2)cc1)C(=O)N1CCOCC1. The van der Waals surface area contributed by atoms with E-state index in [1.165, 1.54) is 6.08 Å². The maximum absolute atomic E-state index is 12.4. The molecule has 0 N–H and O–H groups in total. The molecule has 142 valence electrons.